The van der Waals surface area contributed by atoms with E-state index in [0.717, 1.165) is 21.8 Å². The molecule has 3 aromatic rings. The standard InChI is InChI=1S/C12H8BNO2/c15-13-16-8-5-6-12-10(7-8)9-3-1-2-4-11(9)14-12/h1-7,14H. The number of aromatic nitrogens is 1. The molecule has 0 aliphatic rings. The van der Waals surface area contributed by atoms with Crippen molar-refractivity contribution in [2.24, 2.45) is 0 Å². The maximum atomic E-state index is 10.3. The molecule has 1 N–H and O–H groups in total. The molecule has 0 spiro atoms. The van der Waals surface area contributed by atoms with Gasteiger partial charge in [-0.25, -0.2) is 0 Å². The zero-order valence-corrected chi connectivity index (χ0v) is 8.44. The van der Waals surface area contributed by atoms with Gasteiger partial charge in [-0.1, -0.05) is 0 Å². The Morgan fingerprint density at radius 3 is 2.69 bits per heavy atom. The van der Waals surface area contributed by atoms with Gasteiger partial charge in [0.1, 0.15) is 0 Å². The third-order valence-corrected chi connectivity index (χ3v) is 2.66. The van der Waals surface area contributed by atoms with Crippen LogP contribution in [0.25, 0.3) is 21.8 Å². The van der Waals surface area contributed by atoms with E-state index in [-0.39, 0.29) is 0 Å². The third-order valence-electron chi connectivity index (χ3n) is 2.66. The molecular formula is C12H8BNO2. The molecule has 16 heavy (non-hydrogen) atoms. The summed E-state index contributed by atoms with van der Waals surface area (Å²) in [6.07, 6.45) is 0. The monoisotopic (exact) mass is 209 g/mol. The summed E-state index contributed by atoms with van der Waals surface area (Å²) < 4.78 is 15.1. The topological polar surface area (TPSA) is 42.1 Å². The molecule has 3 rings (SSSR count). The average molecular weight is 209 g/mol. The van der Waals surface area contributed by atoms with Crippen molar-refractivity contribution in [1.29, 1.82) is 0 Å². The quantitative estimate of drug-likeness (QED) is 0.659. The summed E-state index contributed by atoms with van der Waals surface area (Å²) in [5.74, 6) is 0.562. The molecule has 0 atom stereocenters. The summed E-state index contributed by atoms with van der Waals surface area (Å²) in [5, 5.41) is 2.20. The van der Waals surface area contributed by atoms with Crippen LogP contribution in [0.15, 0.2) is 42.5 Å². The van der Waals surface area contributed by atoms with Crippen LogP contribution in [0.1, 0.15) is 0 Å². The molecule has 0 saturated carbocycles. The number of hydrogen-bond donors (Lipinski definition) is 1. The molecule has 76 valence electrons. The van der Waals surface area contributed by atoms with Crippen molar-refractivity contribution in [3.05, 3.63) is 42.5 Å². The van der Waals surface area contributed by atoms with Crippen molar-refractivity contribution < 1.29 is 9.36 Å². The third kappa shape index (κ3) is 1.31. The molecule has 1 aromatic heterocycles. The van der Waals surface area contributed by atoms with Crippen LogP contribution in [0.5, 0.6) is 5.75 Å². The first-order valence-electron chi connectivity index (χ1n) is 4.99. The average Bonchev–Trinajstić information content (AvgIpc) is 2.68. The van der Waals surface area contributed by atoms with E-state index < -0.39 is 0 Å². The van der Waals surface area contributed by atoms with Crippen LogP contribution in [0.3, 0.4) is 0 Å². The fourth-order valence-corrected chi connectivity index (χ4v) is 1.96. The Hall–Kier alpha value is -2.10. The van der Waals surface area contributed by atoms with Gasteiger partial charge in [0.25, 0.3) is 0 Å². The second-order valence-corrected chi connectivity index (χ2v) is 3.59. The maximum absolute atomic E-state index is 10.3. The number of rotatable bonds is 2. The Balaban J connectivity index is 2.35. The van der Waals surface area contributed by atoms with Crippen LogP contribution >= 0.6 is 0 Å². The van der Waals surface area contributed by atoms with Crippen LogP contribution in [0.2, 0.25) is 0 Å². The number of fused-ring (bicyclic) bond motifs is 3. The normalized spacial score (nSPS) is 10.5. The predicted molar refractivity (Wildman–Crippen MR) is 62.9 cm³/mol. The van der Waals surface area contributed by atoms with E-state index in [1.165, 1.54) is 0 Å². The second kappa shape index (κ2) is 3.49. The molecule has 0 bridgehead atoms. The van der Waals surface area contributed by atoms with Gasteiger partial charge in [-0.05, 0) is 0 Å². The molecule has 3 nitrogen and oxygen atoms in total. The molecule has 0 aliphatic heterocycles. The van der Waals surface area contributed by atoms with Crippen LogP contribution in [-0.4, -0.2) is 12.3 Å². The molecule has 2 aromatic carbocycles. The fourth-order valence-electron chi connectivity index (χ4n) is 1.96. The van der Waals surface area contributed by atoms with Gasteiger partial charge in [-0.15, -0.1) is 0 Å². The summed E-state index contributed by atoms with van der Waals surface area (Å²) in [6, 6.07) is 13.6. The van der Waals surface area contributed by atoms with Crippen LogP contribution in [0, 0.1) is 0 Å². The van der Waals surface area contributed by atoms with Gasteiger partial charge < -0.3 is 0 Å². The Kier molecular flexibility index (Phi) is 1.99. The van der Waals surface area contributed by atoms with Crippen LogP contribution in [-0.2, 0) is 4.70 Å². The molecule has 1 heterocycles. The predicted octanol–water partition coefficient (Wildman–Crippen LogP) is 2.66. The summed E-state index contributed by atoms with van der Waals surface area (Å²) in [4.78, 5) is 3.30. The number of H-pyrrole nitrogens is 1. The number of para-hydroxylation sites is 1. The molecule has 0 unspecified atom stereocenters. The zero-order chi connectivity index (χ0) is 11.0. The molecule has 0 amide bonds. The summed E-state index contributed by atoms with van der Waals surface area (Å²) >= 11 is 0. The van der Waals surface area contributed by atoms with Gasteiger partial charge in [0, 0.05) is 0 Å². The van der Waals surface area contributed by atoms with Crippen molar-refractivity contribution in [2.45, 2.75) is 0 Å². The van der Waals surface area contributed by atoms with E-state index in [1.807, 2.05) is 36.4 Å². The Bertz CT molecular complexity index is 675. The second-order valence-electron chi connectivity index (χ2n) is 3.59. The van der Waals surface area contributed by atoms with E-state index in [9.17, 15) is 4.70 Å². The van der Waals surface area contributed by atoms with Crippen LogP contribution in [0.4, 0.5) is 0 Å². The van der Waals surface area contributed by atoms with Crippen molar-refractivity contribution in [3.63, 3.8) is 0 Å². The fraction of sp³-hybridized carbons (Fsp3) is 0. The van der Waals surface area contributed by atoms with E-state index in [4.69, 9.17) is 4.65 Å². The first-order valence-corrected chi connectivity index (χ1v) is 4.99. The van der Waals surface area contributed by atoms with Crippen molar-refractivity contribution in [2.75, 3.05) is 0 Å². The summed E-state index contributed by atoms with van der Waals surface area (Å²) in [5.41, 5.74) is 2.13. The van der Waals surface area contributed by atoms with E-state index in [2.05, 4.69) is 4.98 Å². The number of benzene rings is 2. The van der Waals surface area contributed by atoms with E-state index in [0.29, 0.717) is 13.1 Å². The molecular weight excluding hydrogens is 201 g/mol. The molecule has 0 radical (unpaired) electrons. The summed E-state index contributed by atoms with van der Waals surface area (Å²) in [6.45, 7) is 0. The number of aromatic amines is 1. The van der Waals surface area contributed by atoms with E-state index >= 15 is 0 Å². The van der Waals surface area contributed by atoms with Crippen molar-refractivity contribution in [3.8, 4) is 5.75 Å². The van der Waals surface area contributed by atoms with Gasteiger partial charge in [0.2, 0.25) is 0 Å². The number of nitrogens with one attached hydrogen (secondary N) is 1. The first-order chi connectivity index (χ1) is 7.88. The molecule has 0 fully saturated rings. The van der Waals surface area contributed by atoms with Gasteiger partial charge in [0.05, 0.1) is 0 Å². The van der Waals surface area contributed by atoms with Crippen LogP contribution < -0.4 is 4.65 Å². The van der Waals surface area contributed by atoms with Gasteiger partial charge in [-0.2, -0.15) is 0 Å². The van der Waals surface area contributed by atoms with Crippen molar-refractivity contribution >= 4 is 29.2 Å². The molecule has 4 heteroatoms. The Labute approximate surface area is 92.3 Å². The minimum atomic E-state index is 0.440. The summed E-state index contributed by atoms with van der Waals surface area (Å²) in [7, 11) is 0.440. The number of hydrogen-bond acceptors (Lipinski definition) is 2. The van der Waals surface area contributed by atoms with E-state index in [1.54, 1.807) is 6.07 Å². The van der Waals surface area contributed by atoms with Gasteiger partial charge >= 0.3 is 91.7 Å². The zero-order valence-electron chi connectivity index (χ0n) is 8.44. The van der Waals surface area contributed by atoms with Gasteiger partial charge in [0.15, 0.2) is 0 Å². The SMILES string of the molecule is O=BOc1ccc2[nH]c3ccccc3c2c1. The molecule has 0 saturated heterocycles. The van der Waals surface area contributed by atoms with Crippen molar-refractivity contribution in [1.82, 2.24) is 4.98 Å². The Morgan fingerprint density at radius 1 is 1.00 bits per heavy atom. The Morgan fingerprint density at radius 2 is 1.81 bits per heavy atom. The molecule has 0 aliphatic carbocycles. The van der Waals surface area contributed by atoms with Gasteiger partial charge in [-0.3, -0.25) is 0 Å². The first kappa shape index (κ1) is 9.15. The minimum absolute atomic E-state index is 0.440.